The molecule has 0 spiro atoms. The Morgan fingerprint density at radius 3 is 2.54 bits per heavy atom. The molecular weight excluding hydrogens is 182 g/mol. The van der Waals surface area contributed by atoms with Crippen LogP contribution in [0.25, 0.3) is 0 Å². The van der Waals surface area contributed by atoms with E-state index < -0.39 is 0 Å². The number of fused-ring (bicyclic) bond motifs is 3. The first kappa shape index (κ1) is 9.21. The lowest BCUT2D eigenvalue weighted by Gasteiger charge is -2.45. The molecule has 2 bridgehead atoms. The fraction of sp³-hybridized carbons (Fsp3) is 0.889. The molecule has 0 saturated carbocycles. The summed E-state index contributed by atoms with van der Waals surface area (Å²) in [5.41, 5.74) is 0. The van der Waals surface area contributed by atoms with Crippen molar-refractivity contribution in [3.63, 3.8) is 0 Å². The summed E-state index contributed by atoms with van der Waals surface area (Å²) in [6.45, 7) is 3.75. The Morgan fingerprint density at radius 1 is 1.38 bits per heavy atom. The number of nitrogens with one attached hydrogen (secondary N) is 2. The molecule has 0 radical (unpaired) electrons. The standard InChI is InChI=1S/C9H17N3S/c1-10-9(13)11-8-6-12-4-2-7(8)3-5-12/h7-8H,2-6H2,1H3,(H2,10,11,13). The molecule has 3 nitrogen and oxygen atoms in total. The monoisotopic (exact) mass is 199 g/mol. The fourth-order valence-electron chi connectivity index (χ4n) is 2.37. The van der Waals surface area contributed by atoms with Crippen LogP contribution in [-0.4, -0.2) is 42.7 Å². The molecular formula is C9H17N3S. The molecule has 3 aliphatic rings. The number of thiocarbonyl (C=S) groups is 1. The van der Waals surface area contributed by atoms with Gasteiger partial charge in [-0.25, -0.2) is 0 Å². The first-order valence-electron chi connectivity index (χ1n) is 5.00. The second-order valence-corrected chi connectivity index (χ2v) is 4.38. The van der Waals surface area contributed by atoms with Gasteiger partial charge in [0.15, 0.2) is 5.11 Å². The summed E-state index contributed by atoms with van der Waals surface area (Å²) in [4.78, 5) is 2.52. The van der Waals surface area contributed by atoms with Gasteiger partial charge < -0.3 is 15.5 Å². The van der Waals surface area contributed by atoms with Crippen molar-refractivity contribution in [3.05, 3.63) is 0 Å². The van der Waals surface area contributed by atoms with Gasteiger partial charge >= 0.3 is 0 Å². The van der Waals surface area contributed by atoms with Crippen molar-refractivity contribution in [2.45, 2.75) is 18.9 Å². The average molecular weight is 199 g/mol. The van der Waals surface area contributed by atoms with Gasteiger partial charge in [0.1, 0.15) is 0 Å². The predicted octanol–water partition coefficient (Wildman–Crippen LogP) is 0.174. The lowest BCUT2D eigenvalue weighted by atomic mass is 9.84. The third kappa shape index (κ3) is 1.94. The highest BCUT2D eigenvalue weighted by atomic mass is 32.1. The Balaban J connectivity index is 1.90. The van der Waals surface area contributed by atoms with Crippen molar-refractivity contribution >= 4 is 17.3 Å². The maximum Gasteiger partial charge on any atom is 0.166 e. The Bertz CT molecular complexity index is 199. The minimum absolute atomic E-state index is 0.586. The van der Waals surface area contributed by atoms with Crippen molar-refractivity contribution in [1.29, 1.82) is 0 Å². The second kappa shape index (κ2) is 3.80. The summed E-state index contributed by atoms with van der Waals surface area (Å²) in [5, 5.41) is 7.14. The van der Waals surface area contributed by atoms with Crippen molar-refractivity contribution in [1.82, 2.24) is 15.5 Å². The van der Waals surface area contributed by atoms with Gasteiger partial charge in [-0.2, -0.15) is 0 Å². The number of hydrogen-bond donors (Lipinski definition) is 2. The molecule has 3 rings (SSSR count). The topological polar surface area (TPSA) is 27.3 Å². The van der Waals surface area contributed by atoms with E-state index in [2.05, 4.69) is 15.5 Å². The molecule has 3 aliphatic heterocycles. The first-order valence-corrected chi connectivity index (χ1v) is 5.41. The molecule has 13 heavy (non-hydrogen) atoms. The van der Waals surface area contributed by atoms with Crippen LogP contribution in [-0.2, 0) is 0 Å². The molecule has 1 unspecified atom stereocenters. The highest BCUT2D eigenvalue weighted by molar-refractivity contribution is 7.80. The molecule has 0 amide bonds. The van der Waals surface area contributed by atoms with Crippen LogP contribution in [0.3, 0.4) is 0 Å². The highest BCUT2D eigenvalue weighted by Crippen LogP contribution is 2.27. The molecule has 3 fully saturated rings. The molecule has 74 valence electrons. The summed E-state index contributed by atoms with van der Waals surface area (Å²) in [5.74, 6) is 0.844. The molecule has 1 atom stereocenters. The maximum absolute atomic E-state index is 5.11. The zero-order valence-electron chi connectivity index (χ0n) is 8.05. The average Bonchev–Trinajstić information content (AvgIpc) is 2.19. The van der Waals surface area contributed by atoms with Crippen LogP contribution in [0.2, 0.25) is 0 Å². The van der Waals surface area contributed by atoms with E-state index in [9.17, 15) is 0 Å². The van der Waals surface area contributed by atoms with E-state index in [1.807, 2.05) is 7.05 Å². The number of rotatable bonds is 1. The van der Waals surface area contributed by atoms with Crippen molar-refractivity contribution in [2.75, 3.05) is 26.7 Å². The van der Waals surface area contributed by atoms with E-state index in [4.69, 9.17) is 12.2 Å². The van der Waals surface area contributed by atoms with Crippen LogP contribution in [0.1, 0.15) is 12.8 Å². The summed E-state index contributed by atoms with van der Waals surface area (Å²) in [7, 11) is 1.87. The fourth-order valence-corrected chi connectivity index (χ4v) is 2.52. The van der Waals surface area contributed by atoms with Gasteiger partial charge in [0.2, 0.25) is 0 Å². The Hall–Kier alpha value is -0.350. The zero-order chi connectivity index (χ0) is 9.26. The van der Waals surface area contributed by atoms with E-state index in [-0.39, 0.29) is 0 Å². The predicted molar refractivity (Wildman–Crippen MR) is 57.7 cm³/mol. The summed E-state index contributed by atoms with van der Waals surface area (Å²) in [6, 6.07) is 0.586. The Kier molecular flexibility index (Phi) is 2.69. The largest absolute Gasteiger partial charge is 0.366 e. The van der Waals surface area contributed by atoms with Gasteiger partial charge in [0.05, 0.1) is 0 Å². The molecule has 2 N–H and O–H groups in total. The normalized spacial score (nSPS) is 37.2. The molecule has 0 aliphatic carbocycles. The van der Waals surface area contributed by atoms with Crippen molar-refractivity contribution in [3.8, 4) is 0 Å². The number of nitrogens with zero attached hydrogens (tertiary/aromatic N) is 1. The zero-order valence-corrected chi connectivity index (χ0v) is 8.86. The molecule has 0 aromatic heterocycles. The molecule has 3 saturated heterocycles. The van der Waals surface area contributed by atoms with Gasteiger partial charge in [-0.3, -0.25) is 0 Å². The van der Waals surface area contributed by atoms with Gasteiger partial charge in [0.25, 0.3) is 0 Å². The summed E-state index contributed by atoms with van der Waals surface area (Å²) < 4.78 is 0. The smallest absolute Gasteiger partial charge is 0.166 e. The van der Waals surface area contributed by atoms with Crippen LogP contribution in [0.5, 0.6) is 0 Å². The van der Waals surface area contributed by atoms with Crippen molar-refractivity contribution < 1.29 is 0 Å². The van der Waals surface area contributed by atoms with Crippen LogP contribution < -0.4 is 10.6 Å². The molecule has 0 aromatic rings. The summed E-state index contributed by atoms with van der Waals surface area (Å²) in [6.07, 6.45) is 2.67. The lowest BCUT2D eigenvalue weighted by Crippen LogP contribution is -2.58. The van der Waals surface area contributed by atoms with E-state index in [0.717, 1.165) is 11.0 Å². The second-order valence-electron chi connectivity index (χ2n) is 3.97. The SMILES string of the molecule is CNC(=S)NC1CN2CCC1CC2. The third-order valence-electron chi connectivity index (χ3n) is 3.20. The van der Waals surface area contributed by atoms with Crippen molar-refractivity contribution in [2.24, 2.45) is 5.92 Å². The van der Waals surface area contributed by atoms with Gasteiger partial charge in [0, 0.05) is 19.6 Å². The highest BCUT2D eigenvalue weighted by Gasteiger charge is 2.34. The van der Waals surface area contributed by atoms with Crippen LogP contribution in [0.4, 0.5) is 0 Å². The maximum atomic E-state index is 5.11. The quantitative estimate of drug-likeness (QED) is 0.589. The Morgan fingerprint density at radius 2 is 2.08 bits per heavy atom. The van der Waals surface area contributed by atoms with E-state index in [1.54, 1.807) is 0 Å². The van der Waals surface area contributed by atoms with Crippen LogP contribution in [0, 0.1) is 5.92 Å². The Labute approximate surface area is 84.9 Å². The number of hydrogen-bond acceptors (Lipinski definition) is 2. The van der Waals surface area contributed by atoms with Crippen LogP contribution in [0.15, 0.2) is 0 Å². The first-order chi connectivity index (χ1) is 6.29. The van der Waals surface area contributed by atoms with Crippen LogP contribution >= 0.6 is 12.2 Å². The number of piperidine rings is 3. The minimum Gasteiger partial charge on any atom is -0.366 e. The van der Waals surface area contributed by atoms with Gasteiger partial charge in [-0.15, -0.1) is 0 Å². The van der Waals surface area contributed by atoms with Gasteiger partial charge in [-0.1, -0.05) is 0 Å². The van der Waals surface area contributed by atoms with E-state index >= 15 is 0 Å². The van der Waals surface area contributed by atoms with Gasteiger partial charge in [-0.05, 0) is 44.1 Å². The molecule has 4 heteroatoms. The molecule has 0 aromatic carbocycles. The van der Waals surface area contributed by atoms with E-state index in [0.29, 0.717) is 6.04 Å². The minimum atomic E-state index is 0.586. The van der Waals surface area contributed by atoms with E-state index in [1.165, 1.54) is 32.5 Å². The third-order valence-corrected chi connectivity index (χ3v) is 3.52. The lowest BCUT2D eigenvalue weighted by molar-refractivity contribution is 0.0812. The summed E-state index contributed by atoms with van der Waals surface area (Å²) >= 11 is 5.11. The molecule has 3 heterocycles.